The zero-order valence-corrected chi connectivity index (χ0v) is 13.2. The number of amides is 1. The van der Waals surface area contributed by atoms with Crippen LogP contribution in [-0.4, -0.2) is 22.7 Å². The van der Waals surface area contributed by atoms with E-state index in [1.807, 2.05) is 30.3 Å². The molecule has 0 heterocycles. The third-order valence-corrected chi connectivity index (χ3v) is 5.57. The second-order valence-electron chi connectivity index (χ2n) is 6.74. The Morgan fingerprint density at radius 3 is 2.35 bits per heavy atom. The molecule has 0 aliphatic heterocycles. The predicted molar refractivity (Wildman–Crippen MR) is 84.9 cm³/mol. The minimum absolute atomic E-state index is 0.148. The Balaban J connectivity index is 1.70. The smallest absolute Gasteiger partial charge is 0.408 e. The summed E-state index contributed by atoms with van der Waals surface area (Å²) >= 11 is 0. The average molecular weight is 317 g/mol. The van der Waals surface area contributed by atoms with Crippen LogP contribution in [0.1, 0.15) is 50.5 Å². The lowest BCUT2D eigenvalue weighted by Gasteiger charge is -2.40. The van der Waals surface area contributed by atoms with E-state index < -0.39 is 17.6 Å². The minimum Gasteiger partial charge on any atom is -0.479 e. The van der Waals surface area contributed by atoms with Crippen LogP contribution >= 0.6 is 0 Å². The Morgan fingerprint density at radius 1 is 1.04 bits per heavy atom. The van der Waals surface area contributed by atoms with Crippen LogP contribution in [0.15, 0.2) is 30.3 Å². The van der Waals surface area contributed by atoms with Crippen molar-refractivity contribution < 1.29 is 19.4 Å². The summed E-state index contributed by atoms with van der Waals surface area (Å²) in [7, 11) is 0. The van der Waals surface area contributed by atoms with E-state index in [1.54, 1.807) is 0 Å². The number of carboxylic acids is 1. The van der Waals surface area contributed by atoms with Gasteiger partial charge in [0, 0.05) is 5.41 Å². The van der Waals surface area contributed by atoms with Crippen molar-refractivity contribution in [3.8, 4) is 0 Å². The van der Waals surface area contributed by atoms with Crippen molar-refractivity contribution in [2.45, 2.75) is 57.1 Å². The normalized spacial score (nSPS) is 25.4. The van der Waals surface area contributed by atoms with Gasteiger partial charge in [-0.25, -0.2) is 9.59 Å². The molecule has 1 aromatic carbocycles. The van der Waals surface area contributed by atoms with Crippen LogP contribution in [-0.2, 0) is 16.1 Å². The molecule has 2 aliphatic carbocycles. The van der Waals surface area contributed by atoms with Crippen molar-refractivity contribution in [1.82, 2.24) is 5.32 Å². The Bertz CT molecular complexity index is 574. The van der Waals surface area contributed by atoms with Gasteiger partial charge in [0.15, 0.2) is 0 Å². The lowest BCUT2D eigenvalue weighted by atomic mass is 9.70. The zero-order valence-electron chi connectivity index (χ0n) is 13.2. The van der Waals surface area contributed by atoms with Crippen molar-refractivity contribution in [3.63, 3.8) is 0 Å². The Hall–Kier alpha value is -2.04. The predicted octanol–water partition coefficient (Wildman–Crippen LogP) is 3.48. The van der Waals surface area contributed by atoms with Gasteiger partial charge in [-0.15, -0.1) is 0 Å². The summed E-state index contributed by atoms with van der Waals surface area (Å²) < 4.78 is 5.25. The molecular weight excluding hydrogens is 294 g/mol. The highest BCUT2D eigenvalue weighted by Crippen LogP contribution is 2.56. The fourth-order valence-electron chi connectivity index (χ4n) is 4.41. The molecule has 2 aliphatic rings. The molecule has 1 atom stereocenters. The second-order valence-corrected chi connectivity index (χ2v) is 6.74. The fraction of sp³-hybridized carbons (Fsp3) is 0.556. The van der Waals surface area contributed by atoms with E-state index in [1.165, 1.54) is 0 Å². The highest BCUT2D eigenvalue weighted by molar-refractivity contribution is 5.86. The van der Waals surface area contributed by atoms with E-state index in [9.17, 15) is 14.7 Å². The molecule has 0 radical (unpaired) electrons. The maximum absolute atomic E-state index is 12.2. The fourth-order valence-corrected chi connectivity index (χ4v) is 4.41. The monoisotopic (exact) mass is 317 g/mol. The van der Waals surface area contributed by atoms with Crippen LogP contribution in [0.2, 0.25) is 0 Å². The maximum Gasteiger partial charge on any atom is 0.408 e. The molecule has 2 N–H and O–H groups in total. The first kappa shape index (κ1) is 15.8. The van der Waals surface area contributed by atoms with Crippen molar-refractivity contribution in [3.05, 3.63) is 35.9 Å². The van der Waals surface area contributed by atoms with E-state index in [2.05, 4.69) is 5.32 Å². The summed E-state index contributed by atoms with van der Waals surface area (Å²) in [4.78, 5) is 24.2. The summed E-state index contributed by atoms with van der Waals surface area (Å²) in [5.41, 5.74) is -0.587. The van der Waals surface area contributed by atoms with Gasteiger partial charge in [-0.2, -0.15) is 0 Å². The maximum atomic E-state index is 12.2. The standard InChI is InChI=1S/C18H23NO4/c20-15(21)18(12-6-11-17(18)9-4-5-10-17)19-16(22)23-13-14-7-2-1-3-8-14/h1-3,7-8H,4-6,9-13H2,(H,19,22)(H,20,21). The Kier molecular flexibility index (Phi) is 4.28. The van der Waals surface area contributed by atoms with Gasteiger partial charge in [0.2, 0.25) is 0 Å². The van der Waals surface area contributed by atoms with Gasteiger partial charge >= 0.3 is 12.1 Å². The molecule has 1 amide bonds. The van der Waals surface area contributed by atoms with E-state index >= 15 is 0 Å². The van der Waals surface area contributed by atoms with Crippen LogP contribution < -0.4 is 5.32 Å². The SMILES string of the molecule is O=C(NC1(C(=O)O)CCCC12CCCC2)OCc1ccccc1. The first-order valence-corrected chi connectivity index (χ1v) is 8.30. The molecule has 0 aromatic heterocycles. The van der Waals surface area contributed by atoms with Crippen LogP contribution in [0, 0.1) is 5.41 Å². The minimum atomic E-state index is -1.17. The first-order chi connectivity index (χ1) is 11.1. The number of carbonyl (C=O) groups excluding carboxylic acids is 1. The molecule has 1 aromatic rings. The highest BCUT2D eigenvalue weighted by atomic mass is 16.5. The number of hydrogen-bond acceptors (Lipinski definition) is 3. The van der Waals surface area contributed by atoms with Crippen LogP contribution in [0.25, 0.3) is 0 Å². The van der Waals surface area contributed by atoms with Gasteiger partial charge in [-0.1, -0.05) is 43.2 Å². The van der Waals surface area contributed by atoms with Gasteiger partial charge in [-0.3, -0.25) is 0 Å². The van der Waals surface area contributed by atoms with E-state index in [0.29, 0.717) is 6.42 Å². The summed E-state index contributed by atoms with van der Waals surface area (Å²) in [5, 5.41) is 12.6. The molecule has 0 saturated heterocycles. The van der Waals surface area contributed by atoms with E-state index in [4.69, 9.17) is 4.74 Å². The van der Waals surface area contributed by atoms with Crippen molar-refractivity contribution in [1.29, 1.82) is 0 Å². The number of hydrogen-bond donors (Lipinski definition) is 2. The number of rotatable bonds is 4. The lowest BCUT2D eigenvalue weighted by Crippen LogP contribution is -2.61. The van der Waals surface area contributed by atoms with Gasteiger partial charge in [0.05, 0.1) is 0 Å². The number of carbonyl (C=O) groups is 2. The molecule has 0 bridgehead atoms. The van der Waals surface area contributed by atoms with E-state index in [-0.39, 0.29) is 12.0 Å². The number of nitrogens with one attached hydrogen (secondary N) is 1. The number of alkyl carbamates (subject to hydrolysis) is 1. The van der Waals surface area contributed by atoms with Crippen molar-refractivity contribution in [2.75, 3.05) is 0 Å². The molecule has 3 rings (SSSR count). The molecule has 5 nitrogen and oxygen atoms in total. The van der Waals surface area contributed by atoms with Gasteiger partial charge in [0.1, 0.15) is 12.1 Å². The molecule has 2 saturated carbocycles. The van der Waals surface area contributed by atoms with Crippen LogP contribution in [0.3, 0.4) is 0 Å². The van der Waals surface area contributed by atoms with E-state index in [0.717, 1.165) is 44.1 Å². The second kappa shape index (κ2) is 6.22. The third kappa shape index (κ3) is 2.80. The summed E-state index contributed by atoms with van der Waals surface area (Å²) in [5.74, 6) is -0.923. The van der Waals surface area contributed by atoms with Crippen LogP contribution in [0.5, 0.6) is 0 Å². The topological polar surface area (TPSA) is 75.6 Å². The molecular formula is C18H23NO4. The summed E-state index contributed by atoms with van der Waals surface area (Å²) in [6.07, 6.45) is 5.39. The van der Waals surface area contributed by atoms with Gasteiger partial charge in [-0.05, 0) is 37.7 Å². The third-order valence-electron chi connectivity index (χ3n) is 5.57. The Labute approximate surface area is 136 Å². The quantitative estimate of drug-likeness (QED) is 0.891. The van der Waals surface area contributed by atoms with Gasteiger partial charge < -0.3 is 15.2 Å². The summed E-state index contributed by atoms with van der Waals surface area (Å²) in [6.45, 7) is 0.148. The van der Waals surface area contributed by atoms with Gasteiger partial charge in [0.25, 0.3) is 0 Å². The largest absolute Gasteiger partial charge is 0.479 e. The summed E-state index contributed by atoms with van der Waals surface area (Å²) in [6, 6.07) is 9.38. The number of benzene rings is 1. The number of carboxylic acid groups (broad SMARTS) is 1. The molecule has 1 unspecified atom stereocenters. The molecule has 2 fully saturated rings. The van der Waals surface area contributed by atoms with Crippen molar-refractivity contribution >= 4 is 12.1 Å². The number of aliphatic carboxylic acids is 1. The first-order valence-electron chi connectivity index (χ1n) is 8.30. The van der Waals surface area contributed by atoms with Crippen molar-refractivity contribution in [2.24, 2.45) is 5.41 Å². The highest BCUT2D eigenvalue weighted by Gasteiger charge is 2.61. The number of ether oxygens (including phenoxy) is 1. The van der Waals surface area contributed by atoms with Crippen LogP contribution in [0.4, 0.5) is 4.79 Å². The average Bonchev–Trinajstić information content (AvgIpc) is 3.16. The zero-order chi connectivity index (χ0) is 16.3. The lowest BCUT2D eigenvalue weighted by molar-refractivity contribution is -0.149. The molecule has 5 heteroatoms. The molecule has 1 spiro atoms. The Morgan fingerprint density at radius 2 is 1.70 bits per heavy atom. The molecule has 124 valence electrons. The molecule has 23 heavy (non-hydrogen) atoms.